The molecule has 0 aliphatic carbocycles. The van der Waals surface area contributed by atoms with Crippen LogP contribution in [-0.4, -0.2) is 48.1 Å². The summed E-state index contributed by atoms with van der Waals surface area (Å²) >= 11 is 0. The van der Waals surface area contributed by atoms with E-state index in [9.17, 15) is 14.7 Å². The molecule has 1 heterocycles. The standard InChI is InChI=1S/C20H30BNO6/c1-6-7-12-26-18(25)22-16(17(23)24)13-14-8-10-15(11-9-14)21-27-19(2,3)20(4,5)28-21/h8-11,16H,6-7,12-13H2,1-5H3,(H,22,25)(H,23,24). The van der Waals surface area contributed by atoms with E-state index in [4.69, 9.17) is 14.0 Å². The third-order valence-corrected chi connectivity index (χ3v) is 5.27. The molecule has 1 aromatic carbocycles. The van der Waals surface area contributed by atoms with Gasteiger partial charge in [0.15, 0.2) is 0 Å². The summed E-state index contributed by atoms with van der Waals surface area (Å²) in [4.78, 5) is 23.2. The number of ether oxygens (including phenoxy) is 1. The first kappa shape index (κ1) is 22.2. The number of hydrogen-bond donors (Lipinski definition) is 2. The lowest BCUT2D eigenvalue weighted by atomic mass is 9.78. The number of carboxylic acids is 1. The summed E-state index contributed by atoms with van der Waals surface area (Å²) in [5.74, 6) is -1.11. The molecule has 1 fully saturated rings. The Hall–Kier alpha value is -2.06. The lowest BCUT2D eigenvalue weighted by Gasteiger charge is -2.32. The molecule has 0 saturated carbocycles. The van der Waals surface area contributed by atoms with Gasteiger partial charge in [0.05, 0.1) is 17.8 Å². The molecular weight excluding hydrogens is 361 g/mol. The molecule has 0 spiro atoms. The highest BCUT2D eigenvalue weighted by molar-refractivity contribution is 6.62. The predicted molar refractivity (Wildman–Crippen MR) is 107 cm³/mol. The average molecular weight is 391 g/mol. The largest absolute Gasteiger partial charge is 0.494 e. The molecule has 1 atom stereocenters. The molecule has 7 nitrogen and oxygen atoms in total. The summed E-state index contributed by atoms with van der Waals surface area (Å²) < 4.78 is 17.0. The van der Waals surface area contributed by atoms with Crippen molar-refractivity contribution in [2.24, 2.45) is 0 Å². The van der Waals surface area contributed by atoms with Gasteiger partial charge in [-0.1, -0.05) is 37.6 Å². The number of amides is 1. The molecule has 1 unspecified atom stereocenters. The lowest BCUT2D eigenvalue weighted by Crippen LogP contribution is -2.42. The molecule has 1 aromatic rings. The Morgan fingerprint density at radius 3 is 2.21 bits per heavy atom. The molecule has 1 amide bonds. The van der Waals surface area contributed by atoms with Crippen molar-refractivity contribution in [2.45, 2.75) is 71.1 Å². The molecule has 1 saturated heterocycles. The molecule has 1 aliphatic heterocycles. The topological polar surface area (TPSA) is 94.1 Å². The van der Waals surface area contributed by atoms with E-state index in [1.165, 1.54) is 0 Å². The molecule has 0 radical (unpaired) electrons. The van der Waals surface area contributed by atoms with E-state index in [-0.39, 0.29) is 13.0 Å². The van der Waals surface area contributed by atoms with Crippen molar-refractivity contribution in [1.82, 2.24) is 5.32 Å². The first-order valence-electron chi connectivity index (χ1n) is 9.66. The van der Waals surface area contributed by atoms with Crippen molar-refractivity contribution >= 4 is 24.6 Å². The summed E-state index contributed by atoms with van der Waals surface area (Å²) in [6.07, 6.45) is 1.08. The minimum Gasteiger partial charge on any atom is -0.480 e. The predicted octanol–water partition coefficient (Wildman–Crippen LogP) is 2.51. The number of carbonyl (C=O) groups is 2. The van der Waals surface area contributed by atoms with Crippen LogP contribution in [0.25, 0.3) is 0 Å². The average Bonchev–Trinajstić information content (AvgIpc) is 2.82. The van der Waals surface area contributed by atoms with Gasteiger partial charge in [-0.2, -0.15) is 0 Å². The number of carbonyl (C=O) groups excluding carboxylic acids is 1. The van der Waals surface area contributed by atoms with Crippen LogP contribution >= 0.6 is 0 Å². The van der Waals surface area contributed by atoms with Crippen LogP contribution in [0.4, 0.5) is 4.79 Å². The Kier molecular flexibility index (Phi) is 7.12. The van der Waals surface area contributed by atoms with E-state index in [2.05, 4.69) is 5.32 Å². The normalized spacial score (nSPS) is 18.5. The Balaban J connectivity index is 1.98. The van der Waals surface area contributed by atoms with Gasteiger partial charge >= 0.3 is 19.2 Å². The van der Waals surface area contributed by atoms with Crippen molar-refractivity contribution < 1.29 is 28.7 Å². The van der Waals surface area contributed by atoms with Crippen LogP contribution in [0.15, 0.2) is 24.3 Å². The second-order valence-electron chi connectivity index (χ2n) is 8.06. The van der Waals surface area contributed by atoms with Gasteiger partial charge < -0.3 is 24.5 Å². The monoisotopic (exact) mass is 391 g/mol. The maximum Gasteiger partial charge on any atom is 0.494 e. The van der Waals surface area contributed by atoms with Crippen LogP contribution in [-0.2, 0) is 25.3 Å². The van der Waals surface area contributed by atoms with Gasteiger partial charge in [-0.3, -0.25) is 0 Å². The van der Waals surface area contributed by atoms with Gasteiger partial charge in [0.25, 0.3) is 0 Å². The number of alkyl carbamates (subject to hydrolysis) is 1. The smallest absolute Gasteiger partial charge is 0.480 e. The van der Waals surface area contributed by atoms with E-state index in [0.29, 0.717) is 0 Å². The minimum absolute atomic E-state index is 0.155. The number of unbranched alkanes of at least 4 members (excludes halogenated alkanes) is 1. The highest BCUT2D eigenvalue weighted by atomic mass is 16.7. The molecule has 0 aromatic heterocycles. The summed E-state index contributed by atoms with van der Waals surface area (Å²) in [5.41, 5.74) is 0.794. The van der Waals surface area contributed by atoms with Crippen LogP contribution in [0.2, 0.25) is 0 Å². The lowest BCUT2D eigenvalue weighted by molar-refractivity contribution is -0.139. The van der Waals surface area contributed by atoms with Gasteiger partial charge in [0.1, 0.15) is 6.04 Å². The van der Waals surface area contributed by atoms with Crippen LogP contribution in [0.5, 0.6) is 0 Å². The quantitative estimate of drug-likeness (QED) is 0.523. The van der Waals surface area contributed by atoms with E-state index in [1.54, 1.807) is 0 Å². The zero-order valence-electron chi connectivity index (χ0n) is 17.3. The third-order valence-electron chi connectivity index (χ3n) is 5.27. The summed E-state index contributed by atoms with van der Waals surface area (Å²) in [5, 5.41) is 11.8. The van der Waals surface area contributed by atoms with Crippen molar-refractivity contribution in [3.05, 3.63) is 29.8 Å². The van der Waals surface area contributed by atoms with Crippen molar-refractivity contribution in [1.29, 1.82) is 0 Å². The molecule has 1 aliphatic rings. The molecule has 0 bridgehead atoms. The van der Waals surface area contributed by atoms with Gasteiger partial charge in [0.2, 0.25) is 0 Å². The number of carboxylic acid groups (broad SMARTS) is 1. The number of nitrogens with one attached hydrogen (secondary N) is 1. The molecule has 2 rings (SSSR count). The van der Waals surface area contributed by atoms with Crippen LogP contribution in [0, 0.1) is 0 Å². The SMILES string of the molecule is CCCCOC(=O)NC(Cc1ccc(B2OC(C)(C)C(C)(C)O2)cc1)C(=O)O. The summed E-state index contributed by atoms with van der Waals surface area (Å²) in [7, 11) is -0.471. The fraction of sp³-hybridized carbons (Fsp3) is 0.600. The van der Waals surface area contributed by atoms with Gasteiger partial charge in [-0.25, -0.2) is 9.59 Å². The molecule has 8 heteroatoms. The summed E-state index contributed by atoms with van der Waals surface area (Å²) in [6.45, 7) is 10.2. The first-order chi connectivity index (χ1) is 13.1. The molecule has 2 N–H and O–H groups in total. The van der Waals surface area contributed by atoms with Crippen LogP contribution in [0.1, 0.15) is 53.0 Å². The van der Waals surface area contributed by atoms with E-state index in [1.807, 2.05) is 58.9 Å². The summed E-state index contributed by atoms with van der Waals surface area (Å²) in [6, 6.07) is 6.30. The fourth-order valence-electron chi connectivity index (χ4n) is 2.72. The number of benzene rings is 1. The van der Waals surface area contributed by atoms with Crippen molar-refractivity contribution in [3.8, 4) is 0 Å². The van der Waals surface area contributed by atoms with E-state index >= 15 is 0 Å². The van der Waals surface area contributed by atoms with Gasteiger partial charge in [-0.15, -0.1) is 0 Å². The highest BCUT2D eigenvalue weighted by Gasteiger charge is 2.51. The van der Waals surface area contributed by atoms with E-state index < -0.39 is 36.4 Å². The van der Waals surface area contributed by atoms with E-state index in [0.717, 1.165) is 23.9 Å². The minimum atomic E-state index is -1.11. The van der Waals surface area contributed by atoms with Crippen LogP contribution in [0.3, 0.4) is 0 Å². The molecule has 28 heavy (non-hydrogen) atoms. The highest BCUT2D eigenvalue weighted by Crippen LogP contribution is 2.36. The second-order valence-corrected chi connectivity index (χ2v) is 8.06. The third kappa shape index (κ3) is 5.48. The maximum absolute atomic E-state index is 11.7. The number of hydrogen-bond acceptors (Lipinski definition) is 5. The zero-order chi connectivity index (χ0) is 20.9. The fourth-order valence-corrected chi connectivity index (χ4v) is 2.72. The zero-order valence-corrected chi connectivity index (χ0v) is 17.3. The Morgan fingerprint density at radius 2 is 1.71 bits per heavy atom. The number of rotatable bonds is 8. The Morgan fingerprint density at radius 1 is 1.14 bits per heavy atom. The van der Waals surface area contributed by atoms with Gasteiger partial charge in [-0.05, 0) is 45.1 Å². The second kappa shape index (κ2) is 8.96. The Bertz CT molecular complexity index is 672. The molecule has 154 valence electrons. The van der Waals surface area contributed by atoms with Crippen molar-refractivity contribution in [3.63, 3.8) is 0 Å². The van der Waals surface area contributed by atoms with Crippen molar-refractivity contribution in [2.75, 3.05) is 6.61 Å². The van der Waals surface area contributed by atoms with Gasteiger partial charge in [0, 0.05) is 6.42 Å². The molecular formula is C20H30BNO6. The maximum atomic E-state index is 11.7. The van der Waals surface area contributed by atoms with Crippen LogP contribution < -0.4 is 10.8 Å². The Labute approximate surface area is 166 Å². The first-order valence-corrected chi connectivity index (χ1v) is 9.66. The number of aliphatic carboxylic acids is 1.